The monoisotopic (exact) mass is 289 g/mol. The van der Waals surface area contributed by atoms with Crippen molar-refractivity contribution in [2.45, 2.75) is 0 Å². The van der Waals surface area contributed by atoms with Crippen molar-refractivity contribution in [1.29, 1.82) is 0 Å². The predicted molar refractivity (Wildman–Crippen MR) is 72.3 cm³/mol. The lowest BCUT2D eigenvalue weighted by Crippen LogP contribution is -2.15. The highest BCUT2D eigenvalue weighted by Gasteiger charge is 2.23. The Labute approximate surface area is 119 Å². The summed E-state index contributed by atoms with van der Waals surface area (Å²) in [7, 11) is 0. The SMILES string of the molecule is O=[N+]([O-])c1cc2c(cc1Oc1cccc(O)c1)OCCO2. The number of nitrogens with zero attached hydrogens (tertiary/aromatic N) is 1. The zero-order chi connectivity index (χ0) is 14.8. The van der Waals surface area contributed by atoms with Crippen LogP contribution in [0.1, 0.15) is 0 Å². The van der Waals surface area contributed by atoms with Gasteiger partial charge in [0.05, 0.1) is 11.0 Å². The largest absolute Gasteiger partial charge is 0.508 e. The van der Waals surface area contributed by atoms with E-state index in [4.69, 9.17) is 14.2 Å². The second kappa shape index (κ2) is 5.20. The zero-order valence-corrected chi connectivity index (χ0v) is 10.8. The summed E-state index contributed by atoms with van der Waals surface area (Å²) in [5.41, 5.74) is -0.234. The first-order valence-corrected chi connectivity index (χ1v) is 6.18. The molecule has 2 aromatic rings. The van der Waals surface area contributed by atoms with Crippen molar-refractivity contribution in [3.8, 4) is 28.7 Å². The lowest BCUT2D eigenvalue weighted by atomic mass is 10.2. The first-order valence-electron chi connectivity index (χ1n) is 6.18. The number of fused-ring (bicyclic) bond motifs is 1. The maximum absolute atomic E-state index is 11.1. The van der Waals surface area contributed by atoms with Crippen LogP contribution >= 0.6 is 0 Å². The molecular formula is C14H11NO6. The van der Waals surface area contributed by atoms with Gasteiger partial charge in [0.2, 0.25) is 5.75 Å². The predicted octanol–water partition coefficient (Wildman–Crippen LogP) is 2.86. The molecule has 1 N–H and O–H groups in total. The first-order chi connectivity index (χ1) is 10.1. The number of nitro benzene ring substituents is 1. The molecule has 0 radical (unpaired) electrons. The van der Waals surface area contributed by atoms with Crippen molar-refractivity contribution in [2.24, 2.45) is 0 Å². The van der Waals surface area contributed by atoms with E-state index in [1.807, 2.05) is 0 Å². The van der Waals surface area contributed by atoms with Gasteiger partial charge in [0, 0.05) is 12.1 Å². The quantitative estimate of drug-likeness (QED) is 0.690. The molecule has 2 aromatic carbocycles. The number of rotatable bonds is 3. The summed E-state index contributed by atoms with van der Waals surface area (Å²) in [6.07, 6.45) is 0. The molecule has 0 saturated heterocycles. The lowest BCUT2D eigenvalue weighted by molar-refractivity contribution is -0.385. The number of hydrogen-bond acceptors (Lipinski definition) is 6. The van der Waals surface area contributed by atoms with Crippen LogP contribution in [0.2, 0.25) is 0 Å². The van der Waals surface area contributed by atoms with E-state index in [-0.39, 0.29) is 22.9 Å². The van der Waals surface area contributed by atoms with E-state index < -0.39 is 4.92 Å². The lowest BCUT2D eigenvalue weighted by Gasteiger charge is -2.19. The van der Waals surface area contributed by atoms with E-state index in [9.17, 15) is 15.2 Å². The molecular weight excluding hydrogens is 278 g/mol. The van der Waals surface area contributed by atoms with Gasteiger partial charge in [-0.05, 0) is 12.1 Å². The zero-order valence-electron chi connectivity index (χ0n) is 10.8. The summed E-state index contributed by atoms with van der Waals surface area (Å²) in [5, 5.41) is 20.5. The summed E-state index contributed by atoms with van der Waals surface area (Å²) in [5.74, 6) is 1.02. The van der Waals surface area contributed by atoms with Gasteiger partial charge in [-0.1, -0.05) is 6.07 Å². The van der Waals surface area contributed by atoms with Crippen LogP contribution in [0.15, 0.2) is 36.4 Å². The number of ether oxygens (including phenoxy) is 3. The van der Waals surface area contributed by atoms with Crippen molar-refractivity contribution >= 4 is 5.69 Å². The Morgan fingerprint density at radius 2 is 1.86 bits per heavy atom. The highest BCUT2D eigenvalue weighted by atomic mass is 16.6. The number of phenolic OH excluding ortho intramolecular Hbond substituents is 1. The molecule has 7 nitrogen and oxygen atoms in total. The third-order valence-electron chi connectivity index (χ3n) is 2.87. The number of aromatic hydroxyl groups is 1. The minimum absolute atomic E-state index is 0.00713. The van der Waals surface area contributed by atoms with Crippen LogP contribution in [0.4, 0.5) is 5.69 Å². The fourth-order valence-corrected chi connectivity index (χ4v) is 1.96. The summed E-state index contributed by atoms with van der Waals surface area (Å²) in [4.78, 5) is 10.6. The van der Waals surface area contributed by atoms with Gasteiger partial charge in [-0.2, -0.15) is 0 Å². The van der Waals surface area contributed by atoms with Crippen molar-refractivity contribution in [2.75, 3.05) is 13.2 Å². The molecule has 0 amide bonds. The fourth-order valence-electron chi connectivity index (χ4n) is 1.96. The molecule has 1 aliphatic heterocycles. The minimum Gasteiger partial charge on any atom is -0.508 e. The van der Waals surface area contributed by atoms with E-state index >= 15 is 0 Å². The van der Waals surface area contributed by atoms with Crippen LogP contribution in [0.25, 0.3) is 0 Å². The van der Waals surface area contributed by atoms with Crippen molar-refractivity contribution in [3.05, 3.63) is 46.5 Å². The van der Waals surface area contributed by atoms with Gasteiger partial charge in [0.15, 0.2) is 11.5 Å². The summed E-state index contributed by atoms with van der Waals surface area (Å²) in [6.45, 7) is 0.716. The highest BCUT2D eigenvalue weighted by molar-refractivity contribution is 5.59. The molecule has 1 aliphatic rings. The van der Waals surface area contributed by atoms with Crippen molar-refractivity contribution in [3.63, 3.8) is 0 Å². The first kappa shape index (κ1) is 13.0. The summed E-state index contributed by atoms with van der Waals surface area (Å²) in [6, 6.07) is 8.68. The van der Waals surface area contributed by atoms with E-state index in [0.717, 1.165) is 0 Å². The Bertz CT molecular complexity index is 700. The molecule has 0 aromatic heterocycles. The Kier molecular flexibility index (Phi) is 3.23. The number of phenols is 1. The standard InChI is InChI=1S/C14H11NO6/c16-9-2-1-3-10(6-9)21-12-8-14-13(19-4-5-20-14)7-11(12)15(17)18/h1-3,6-8,16H,4-5H2. The van der Waals surface area contributed by atoms with Crippen LogP contribution in [0, 0.1) is 10.1 Å². The van der Waals surface area contributed by atoms with Crippen LogP contribution in [-0.4, -0.2) is 23.2 Å². The number of nitro groups is 1. The third-order valence-corrected chi connectivity index (χ3v) is 2.87. The highest BCUT2D eigenvalue weighted by Crippen LogP contribution is 2.42. The molecule has 108 valence electrons. The Balaban J connectivity index is 2.01. The Morgan fingerprint density at radius 3 is 2.52 bits per heavy atom. The topological polar surface area (TPSA) is 91.1 Å². The molecule has 1 heterocycles. The van der Waals surface area contributed by atoms with Crippen molar-refractivity contribution in [1.82, 2.24) is 0 Å². The molecule has 0 unspecified atom stereocenters. The molecule has 0 bridgehead atoms. The van der Waals surface area contributed by atoms with E-state index in [0.29, 0.717) is 24.7 Å². The molecule has 7 heteroatoms. The van der Waals surface area contributed by atoms with E-state index in [1.54, 1.807) is 12.1 Å². The third kappa shape index (κ3) is 2.66. The number of hydrogen-bond donors (Lipinski definition) is 1. The van der Waals surface area contributed by atoms with Gasteiger partial charge in [0.1, 0.15) is 24.7 Å². The Hall–Kier alpha value is -2.96. The molecule has 3 rings (SSSR count). The normalized spacial score (nSPS) is 12.8. The van der Waals surface area contributed by atoms with Gasteiger partial charge in [0.25, 0.3) is 0 Å². The Morgan fingerprint density at radius 1 is 1.14 bits per heavy atom. The molecule has 0 spiro atoms. The summed E-state index contributed by atoms with van der Waals surface area (Å²) < 4.78 is 16.2. The molecule has 0 saturated carbocycles. The van der Waals surface area contributed by atoms with E-state index in [1.165, 1.54) is 24.3 Å². The maximum atomic E-state index is 11.1. The van der Waals surface area contributed by atoms with Gasteiger partial charge in [-0.3, -0.25) is 10.1 Å². The van der Waals surface area contributed by atoms with E-state index in [2.05, 4.69) is 0 Å². The molecule has 0 aliphatic carbocycles. The minimum atomic E-state index is -0.559. The second-order valence-corrected chi connectivity index (χ2v) is 4.32. The van der Waals surface area contributed by atoms with Gasteiger partial charge >= 0.3 is 5.69 Å². The second-order valence-electron chi connectivity index (χ2n) is 4.32. The molecule has 21 heavy (non-hydrogen) atoms. The molecule has 0 atom stereocenters. The van der Waals surface area contributed by atoms with Crippen LogP contribution in [0.5, 0.6) is 28.7 Å². The smallest absolute Gasteiger partial charge is 0.315 e. The maximum Gasteiger partial charge on any atom is 0.315 e. The average molecular weight is 289 g/mol. The average Bonchev–Trinajstić information content (AvgIpc) is 2.46. The van der Waals surface area contributed by atoms with Gasteiger partial charge in [-0.25, -0.2) is 0 Å². The number of benzene rings is 2. The van der Waals surface area contributed by atoms with Gasteiger partial charge < -0.3 is 19.3 Å². The van der Waals surface area contributed by atoms with Crippen LogP contribution < -0.4 is 14.2 Å². The van der Waals surface area contributed by atoms with Crippen LogP contribution in [-0.2, 0) is 0 Å². The fraction of sp³-hybridized carbons (Fsp3) is 0.143. The van der Waals surface area contributed by atoms with Gasteiger partial charge in [-0.15, -0.1) is 0 Å². The van der Waals surface area contributed by atoms with Crippen molar-refractivity contribution < 1.29 is 24.2 Å². The summed E-state index contributed by atoms with van der Waals surface area (Å²) >= 11 is 0. The van der Waals surface area contributed by atoms with Crippen LogP contribution in [0.3, 0.4) is 0 Å². The molecule has 0 fully saturated rings.